The van der Waals surface area contributed by atoms with Crippen molar-refractivity contribution in [2.45, 2.75) is 51.7 Å². The van der Waals surface area contributed by atoms with E-state index in [-0.39, 0.29) is 29.1 Å². The Hall–Kier alpha value is -3.43. The molecule has 3 heterocycles. The van der Waals surface area contributed by atoms with Gasteiger partial charge in [-0.1, -0.05) is 19.1 Å². The number of benzene rings is 1. The Balaban J connectivity index is 1.54. The lowest BCUT2D eigenvalue weighted by Crippen LogP contribution is -2.46. The Kier molecular flexibility index (Phi) is 6.33. The third-order valence-electron chi connectivity index (χ3n) is 6.29. The largest absolute Gasteiger partial charge is 0.433 e. The summed E-state index contributed by atoms with van der Waals surface area (Å²) in [5, 5.41) is 5.23. The van der Waals surface area contributed by atoms with Crippen molar-refractivity contribution in [2.24, 2.45) is 5.92 Å². The van der Waals surface area contributed by atoms with Crippen molar-refractivity contribution in [1.82, 2.24) is 9.88 Å². The highest BCUT2D eigenvalue weighted by atomic mass is 19.4. The number of piperidine rings is 1. The molecule has 4 rings (SSSR count). The van der Waals surface area contributed by atoms with Gasteiger partial charge in [0.05, 0.1) is 17.9 Å². The van der Waals surface area contributed by atoms with Crippen LogP contribution in [0.25, 0.3) is 0 Å². The first-order chi connectivity index (χ1) is 16.0. The SMILES string of the molecule is Cc1cc(NC(=O)C(=O)N2C[C@H](C)CC[C@H]2c2ccc3c(c2)CCC(=O)N3)cnc1C(F)(F)F. The van der Waals surface area contributed by atoms with Gasteiger partial charge in [0.2, 0.25) is 5.91 Å². The van der Waals surface area contributed by atoms with E-state index in [0.29, 0.717) is 25.8 Å². The second kappa shape index (κ2) is 9.08. The van der Waals surface area contributed by atoms with Crippen LogP contribution in [0.4, 0.5) is 24.5 Å². The van der Waals surface area contributed by atoms with Crippen LogP contribution >= 0.6 is 0 Å². The Bertz CT molecular complexity index is 1150. The molecule has 3 amide bonds. The average Bonchev–Trinajstić information content (AvgIpc) is 2.77. The molecule has 2 aliphatic rings. The smallest absolute Gasteiger partial charge is 0.327 e. The van der Waals surface area contributed by atoms with Crippen LogP contribution in [0.3, 0.4) is 0 Å². The van der Waals surface area contributed by atoms with E-state index in [0.717, 1.165) is 35.5 Å². The van der Waals surface area contributed by atoms with Crippen LogP contribution in [0.2, 0.25) is 0 Å². The zero-order chi connectivity index (χ0) is 24.6. The van der Waals surface area contributed by atoms with Gasteiger partial charge in [-0.25, -0.2) is 4.98 Å². The average molecular weight is 474 g/mol. The molecule has 1 aromatic heterocycles. The molecular formula is C24H25F3N4O3. The number of likely N-dealkylation sites (tertiary alicyclic amines) is 1. The zero-order valence-electron chi connectivity index (χ0n) is 18.8. The third kappa shape index (κ3) is 4.90. The van der Waals surface area contributed by atoms with E-state index >= 15 is 0 Å². The highest BCUT2D eigenvalue weighted by molar-refractivity contribution is 6.39. The first-order valence-electron chi connectivity index (χ1n) is 11.1. The van der Waals surface area contributed by atoms with Gasteiger partial charge in [-0.3, -0.25) is 14.4 Å². The normalized spacial score (nSPS) is 20.4. The number of carbonyl (C=O) groups excluding carboxylic acids is 3. The molecule has 7 nitrogen and oxygen atoms in total. The monoisotopic (exact) mass is 474 g/mol. The maximum Gasteiger partial charge on any atom is 0.433 e. The number of fused-ring (bicyclic) bond motifs is 1. The van der Waals surface area contributed by atoms with Crippen molar-refractivity contribution in [3.8, 4) is 0 Å². The van der Waals surface area contributed by atoms with Crippen LogP contribution < -0.4 is 10.6 Å². The summed E-state index contributed by atoms with van der Waals surface area (Å²) in [6, 6.07) is 6.47. The predicted molar refractivity (Wildman–Crippen MR) is 119 cm³/mol. The van der Waals surface area contributed by atoms with Crippen molar-refractivity contribution in [2.75, 3.05) is 17.2 Å². The number of amides is 3. The fraction of sp³-hybridized carbons (Fsp3) is 0.417. The molecule has 180 valence electrons. The lowest BCUT2D eigenvalue weighted by Gasteiger charge is -2.39. The summed E-state index contributed by atoms with van der Waals surface area (Å²) in [4.78, 5) is 42.4. The van der Waals surface area contributed by atoms with Gasteiger partial charge in [-0.2, -0.15) is 13.2 Å². The number of hydrogen-bond acceptors (Lipinski definition) is 4. The van der Waals surface area contributed by atoms with Crippen LogP contribution in [-0.2, 0) is 27.0 Å². The number of nitrogens with one attached hydrogen (secondary N) is 2. The minimum absolute atomic E-state index is 0.0231. The topological polar surface area (TPSA) is 91.4 Å². The molecular weight excluding hydrogens is 449 g/mol. The van der Waals surface area contributed by atoms with Gasteiger partial charge in [-0.05, 0) is 60.9 Å². The van der Waals surface area contributed by atoms with E-state index in [9.17, 15) is 27.6 Å². The number of hydrogen-bond donors (Lipinski definition) is 2. The van der Waals surface area contributed by atoms with E-state index in [1.54, 1.807) is 0 Å². The van der Waals surface area contributed by atoms with Gasteiger partial charge < -0.3 is 15.5 Å². The molecule has 2 atom stereocenters. The van der Waals surface area contributed by atoms with E-state index < -0.39 is 23.7 Å². The van der Waals surface area contributed by atoms with Crippen molar-refractivity contribution in [3.63, 3.8) is 0 Å². The van der Waals surface area contributed by atoms with Gasteiger partial charge >= 0.3 is 18.0 Å². The standard InChI is InChI=1S/C24H25F3N4O3/c1-13-3-7-19(16-4-6-18-15(10-16)5-8-20(32)30-18)31(12-13)23(34)22(33)29-17-9-14(2)21(28-11-17)24(25,26)27/h4,6,9-11,13,19H,3,5,7-8,12H2,1-2H3,(H,29,33)(H,30,32)/t13-,19+/m1/s1. The number of halogens is 3. The maximum atomic E-state index is 13.1. The Morgan fingerprint density at radius 2 is 1.94 bits per heavy atom. The van der Waals surface area contributed by atoms with Crippen LogP contribution in [-0.4, -0.2) is 34.2 Å². The fourth-order valence-electron chi connectivity index (χ4n) is 4.59. The molecule has 0 unspecified atom stereocenters. The molecule has 2 N–H and O–H groups in total. The summed E-state index contributed by atoms with van der Waals surface area (Å²) in [5.41, 5.74) is 1.46. The molecule has 1 fully saturated rings. The molecule has 0 bridgehead atoms. The second-order valence-corrected chi connectivity index (χ2v) is 8.96. The van der Waals surface area contributed by atoms with E-state index in [2.05, 4.69) is 15.6 Å². The first-order valence-corrected chi connectivity index (χ1v) is 11.1. The number of aryl methyl sites for hydroxylation is 2. The molecule has 0 radical (unpaired) electrons. The summed E-state index contributed by atoms with van der Waals surface area (Å²) in [6.07, 6.45) is -1.15. The van der Waals surface area contributed by atoms with Gasteiger partial charge in [0.1, 0.15) is 5.69 Å². The van der Waals surface area contributed by atoms with Gasteiger partial charge in [0.25, 0.3) is 0 Å². The minimum atomic E-state index is -4.60. The Morgan fingerprint density at radius 3 is 2.65 bits per heavy atom. The molecule has 1 aromatic carbocycles. The van der Waals surface area contributed by atoms with Crippen LogP contribution in [0.15, 0.2) is 30.5 Å². The number of aromatic nitrogens is 1. The predicted octanol–water partition coefficient (Wildman–Crippen LogP) is 4.23. The van der Waals surface area contributed by atoms with Gasteiger partial charge in [0, 0.05) is 18.7 Å². The van der Waals surface area contributed by atoms with Gasteiger partial charge in [0.15, 0.2) is 0 Å². The summed E-state index contributed by atoms with van der Waals surface area (Å²) >= 11 is 0. The molecule has 0 aliphatic carbocycles. The summed E-state index contributed by atoms with van der Waals surface area (Å²) < 4.78 is 38.8. The molecule has 1 saturated heterocycles. The quantitative estimate of drug-likeness (QED) is 0.638. The highest BCUT2D eigenvalue weighted by Gasteiger charge is 2.36. The number of anilines is 2. The molecule has 0 saturated carbocycles. The molecule has 2 aliphatic heterocycles. The molecule has 34 heavy (non-hydrogen) atoms. The lowest BCUT2D eigenvalue weighted by atomic mass is 9.88. The fourth-order valence-corrected chi connectivity index (χ4v) is 4.59. The second-order valence-electron chi connectivity index (χ2n) is 8.96. The van der Waals surface area contributed by atoms with E-state index in [1.807, 2.05) is 25.1 Å². The number of alkyl halides is 3. The van der Waals surface area contributed by atoms with Crippen molar-refractivity contribution in [3.05, 3.63) is 52.8 Å². The highest BCUT2D eigenvalue weighted by Crippen LogP contribution is 2.36. The minimum Gasteiger partial charge on any atom is -0.327 e. The van der Waals surface area contributed by atoms with Crippen LogP contribution in [0.1, 0.15) is 54.6 Å². The summed E-state index contributed by atoms with van der Waals surface area (Å²) in [5.74, 6) is -1.52. The van der Waals surface area contributed by atoms with Crippen LogP contribution in [0.5, 0.6) is 0 Å². The molecule has 10 heteroatoms. The van der Waals surface area contributed by atoms with Crippen molar-refractivity contribution < 1.29 is 27.6 Å². The molecule has 2 aromatic rings. The molecule has 0 spiro atoms. The van der Waals surface area contributed by atoms with E-state index in [1.165, 1.54) is 11.8 Å². The number of carbonyl (C=O) groups is 3. The Labute approximate surface area is 194 Å². The zero-order valence-corrected chi connectivity index (χ0v) is 18.8. The Morgan fingerprint density at radius 1 is 1.18 bits per heavy atom. The first kappa shape index (κ1) is 23.7. The van der Waals surface area contributed by atoms with Crippen LogP contribution in [0, 0.1) is 12.8 Å². The summed E-state index contributed by atoms with van der Waals surface area (Å²) in [7, 11) is 0. The lowest BCUT2D eigenvalue weighted by molar-refractivity contribution is -0.146. The van der Waals surface area contributed by atoms with Gasteiger partial charge in [-0.15, -0.1) is 0 Å². The number of rotatable bonds is 2. The van der Waals surface area contributed by atoms with Crippen molar-refractivity contribution >= 4 is 29.1 Å². The number of nitrogens with zero attached hydrogens (tertiary/aromatic N) is 2. The van der Waals surface area contributed by atoms with Crippen molar-refractivity contribution in [1.29, 1.82) is 0 Å². The maximum absolute atomic E-state index is 13.1. The summed E-state index contributed by atoms with van der Waals surface area (Å²) in [6.45, 7) is 3.63. The van der Waals surface area contributed by atoms with E-state index in [4.69, 9.17) is 0 Å². The third-order valence-corrected chi connectivity index (χ3v) is 6.29. The number of pyridine rings is 1.